The number of nitrogens with two attached hydrogens (primary N) is 1. The zero-order chi connectivity index (χ0) is 16.4. The highest BCUT2D eigenvalue weighted by Gasteiger charge is 2.16. The highest BCUT2D eigenvalue weighted by Crippen LogP contribution is 2.01. The first-order valence-electron chi connectivity index (χ1n) is 6.53. The van der Waals surface area contributed by atoms with Crippen LogP contribution in [-0.4, -0.2) is 42.8 Å². The zero-order valence-corrected chi connectivity index (χ0v) is 11.8. The minimum atomic E-state index is -1.01. The Morgan fingerprint density at radius 3 is 2.64 bits per heavy atom. The van der Waals surface area contributed by atoms with Crippen LogP contribution in [0.2, 0.25) is 0 Å². The van der Waals surface area contributed by atoms with Gasteiger partial charge < -0.3 is 20.6 Å². The molecule has 1 rings (SSSR count). The molecule has 1 aromatic rings. The molecule has 1 unspecified atom stereocenters. The van der Waals surface area contributed by atoms with E-state index in [1.807, 2.05) is 0 Å². The van der Waals surface area contributed by atoms with Crippen molar-refractivity contribution in [3.63, 3.8) is 0 Å². The summed E-state index contributed by atoms with van der Waals surface area (Å²) in [6, 6.07) is 7.31. The molecule has 0 saturated heterocycles. The van der Waals surface area contributed by atoms with Crippen molar-refractivity contribution in [2.24, 2.45) is 5.73 Å². The van der Waals surface area contributed by atoms with Gasteiger partial charge in [-0.1, -0.05) is 18.2 Å². The van der Waals surface area contributed by atoms with Crippen molar-refractivity contribution < 1.29 is 24.3 Å². The number of amides is 1. The number of esters is 1. The Balaban J connectivity index is 2.21. The molecule has 0 radical (unpaired) electrons. The SMILES string of the molecule is NC(COC(=O)c1ccccc1)C(=O)NCCCO[N+](=O)[O-]. The molecule has 0 aliphatic heterocycles. The van der Waals surface area contributed by atoms with Gasteiger partial charge in [0.25, 0.3) is 5.09 Å². The highest BCUT2D eigenvalue weighted by molar-refractivity contribution is 5.89. The van der Waals surface area contributed by atoms with Crippen LogP contribution < -0.4 is 11.1 Å². The third-order valence-corrected chi connectivity index (χ3v) is 2.56. The quantitative estimate of drug-likeness (QED) is 0.281. The van der Waals surface area contributed by atoms with Crippen LogP contribution in [-0.2, 0) is 14.4 Å². The summed E-state index contributed by atoms with van der Waals surface area (Å²) in [4.78, 5) is 37.2. The Morgan fingerprint density at radius 1 is 1.32 bits per heavy atom. The lowest BCUT2D eigenvalue weighted by Crippen LogP contribution is -2.44. The maximum atomic E-state index is 11.6. The number of hydrogen-bond donors (Lipinski definition) is 2. The maximum Gasteiger partial charge on any atom is 0.338 e. The second kappa shape index (κ2) is 9.29. The summed E-state index contributed by atoms with van der Waals surface area (Å²) in [5, 5.41) is 11.5. The standard InChI is InChI=1S/C13H17N3O6/c14-11(12(17)15-7-4-8-22-16(19)20)9-21-13(18)10-5-2-1-3-6-10/h1-3,5-6,11H,4,7-9,14H2,(H,15,17). The first-order chi connectivity index (χ1) is 10.5. The van der Waals surface area contributed by atoms with Gasteiger partial charge in [-0.2, -0.15) is 0 Å². The first kappa shape index (κ1) is 17.4. The van der Waals surface area contributed by atoms with Crippen molar-refractivity contribution >= 4 is 11.9 Å². The molecule has 9 heteroatoms. The summed E-state index contributed by atoms with van der Waals surface area (Å²) < 4.78 is 4.93. The molecule has 1 amide bonds. The van der Waals surface area contributed by atoms with E-state index in [2.05, 4.69) is 10.2 Å². The minimum absolute atomic E-state index is 0.120. The Bertz CT molecular complexity index is 508. The van der Waals surface area contributed by atoms with E-state index in [1.165, 1.54) is 0 Å². The van der Waals surface area contributed by atoms with Gasteiger partial charge in [0.15, 0.2) is 0 Å². The van der Waals surface area contributed by atoms with Gasteiger partial charge >= 0.3 is 5.97 Å². The van der Waals surface area contributed by atoms with Gasteiger partial charge in [0.05, 0.1) is 12.2 Å². The second-order valence-corrected chi connectivity index (χ2v) is 4.27. The largest absolute Gasteiger partial charge is 0.460 e. The predicted molar refractivity (Wildman–Crippen MR) is 75.3 cm³/mol. The van der Waals surface area contributed by atoms with Gasteiger partial charge in [-0.25, -0.2) is 4.79 Å². The average molecular weight is 311 g/mol. The number of carbonyl (C=O) groups excluding carboxylic acids is 2. The van der Waals surface area contributed by atoms with Crippen LogP contribution in [0.5, 0.6) is 0 Å². The molecule has 3 N–H and O–H groups in total. The lowest BCUT2D eigenvalue weighted by atomic mass is 10.2. The lowest BCUT2D eigenvalue weighted by Gasteiger charge is -2.12. The van der Waals surface area contributed by atoms with E-state index in [0.29, 0.717) is 5.56 Å². The van der Waals surface area contributed by atoms with Crippen LogP contribution >= 0.6 is 0 Å². The number of benzene rings is 1. The van der Waals surface area contributed by atoms with Crippen LogP contribution in [0.1, 0.15) is 16.8 Å². The molecule has 0 aromatic heterocycles. The fraction of sp³-hybridized carbons (Fsp3) is 0.385. The van der Waals surface area contributed by atoms with Crippen molar-refractivity contribution in [3.05, 3.63) is 46.0 Å². The van der Waals surface area contributed by atoms with E-state index in [0.717, 1.165) is 0 Å². The molecule has 1 aromatic carbocycles. The van der Waals surface area contributed by atoms with Crippen LogP contribution in [0.4, 0.5) is 0 Å². The van der Waals surface area contributed by atoms with Gasteiger partial charge in [0, 0.05) is 6.54 Å². The summed E-state index contributed by atoms with van der Waals surface area (Å²) in [7, 11) is 0. The summed E-state index contributed by atoms with van der Waals surface area (Å²) in [5.41, 5.74) is 5.95. The Labute approximate surface area is 126 Å². The molecule has 0 aliphatic carbocycles. The average Bonchev–Trinajstić information content (AvgIpc) is 2.52. The van der Waals surface area contributed by atoms with Gasteiger partial charge in [-0.15, -0.1) is 10.1 Å². The van der Waals surface area contributed by atoms with Crippen molar-refractivity contribution in [2.45, 2.75) is 12.5 Å². The molecule has 1 atom stereocenters. The molecule has 9 nitrogen and oxygen atoms in total. The molecule has 0 saturated carbocycles. The summed E-state index contributed by atoms with van der Waals surface area (Å²) in [6.45, 7) is -0.205. The third kappa shape index (κ3) is 6.66. The molecule has 0 heterocycles. The fourth-order valence-corrected chi connectivity index (χ4v) is 1.45. The maximum absolute atomic E-state index is 11.6. The summed E-state index contributed by atoms with van der Waals surface area (Å²) in [6.07, 6.45) is 0.267. The van der Waals surface area contributed by atoms with Crippen LogP contribution in [0, 0.1) is 10.1 Å². The van der Waals surface area contributed by atoms with Crippen LogP contribution in [0.25, 0.3) is 0 Å². The molecular formula is C13H17N3O6. The molecule has 0 aliphatic rings. The van der Waals surface area contributed by atoms with E-state index < -0.39 is 23.0 Å². The Hall–Kier alpha value is -2.68. The zero-order valence-electron chi connectivity index (χ0n) is 11.8. The molecular weight excluding hydrogens is 294 g/mol. The Morgan fingerprint density at radius 2 is 2.00 bits per heavy atom. The number of rotatable bonds is 9. The second-order valence-electron chi connectivity index (χ2n) is 4.27. The van der Waals surface area contributed by atoms with Crippen molar-refractivity contribution in [1.82, 2.24) is 5.32 Å². The number of nitrogens with one attached hydrogen (secondary N) is 1. The first-order valence-corrected chi connectivity index (χ1v) is 6.53. The number of nitrogens with zero attached hydrogens (tertiary/aromatic N) is 1. The molecule has 0 spiro atoms. The summed E-state index contributed by atoms with van der Waals surface area (Å²) in [5.74, 6) is -1.08. The summed E-state index contributed by atoms with van der Waals surface area (Å²) >= 11 is 0. The van der Waals surface area contributed by atoms with Gasteiger partial charge in [-0.3, -0.25) is 4.79 Å². The normalized spacial score (nSPS) is 11.3. The molecule has 120 valence electrons. The van der Waals surface area contributed by atoms with Crippen LogP contribution in [0.3, 0.4) is 0 Å². The van der Waals surface area contributed by atoms with Gasteiger partial charge in [-0.05, 0) is 18.6 Å². The minimum Gasteiger partial charge on any atom is -0.460 e. The monoisotopic (exact) mass is 311 g/mol. The van der Waals surface area contributed by atoms with E-state index in [-0.39, 0.29) is 26.2 Å². The third-order valence-electron chi connectivity index (χ3n) is 2.56. The van der Waals surface area contributed by atoms with E-state index in [4.69, 9.17) is 10.5 Å². The molecule has 0 bridgehead atoms. The number of ether oxygens (including phenoxy) is 1. The topological polar surface area (TPSA) is 134 Å². The van der Waals surface area contributed by atoms with Crippen LogP contribution in [0.15, 0.2) is 30.3 Å². The Kier molecular flexibility index (Phi) is 7.34. The van der Waals surface area contributed by atoms with Crippen molar-refractivity contribution in [2.75, 3.05) is 19.8 Å². The smallest absolute Gasteiger partial charge is 0.338 e. The molecule has 0 fully saturated rings. The van der Waals surface area contributed by atoms with Gasteiger partial charge in [0.2, 0.25) is 5.91 Å². The van der Waals surface area contributed by atoms with E-state index >= 15 is 0 Å². The number of carbonyl (C=O) groups is 2. The lowest BCUT2D eigenvalue weighted by molar-refractivity contribution is -0.757. The van der Waals surface area contributed by atoms with Crippen molar-refractivity contribution in [1.29, 1.82) is 0 Å². The van der Waals surface area contributed by atoms with E-state index in [9.17, 15) is 19.7 Å². The van der Waals surface area contributed by atoms with Gasteiger partial charge in [0.1, 0.15) is 12.6 Å². The van der Waals surface area contributed by atoms with E-state index in [1.54, 1.807) is 30.3 Å². The highest BCUT2D eigenvalue weighted by atomic mass is 16.9. The fourth-order valence-electron chi connectivity index (χ4n) is 1.45. The molecule has 22 heavy (non-hydrogen) atoms. The number of hydrogen-bond acceptors (Lipinski definition) is 7. The van der Waals surface area contributed by atoms with Crippen molar-refractivity contribution in [3.8, 4) is 0 Å². The predicted octanol–water partition coefficient (Wildman–Crippen LogP) is -0.115.